The average molecular weight is 304 g/mol. The number of hydrazone groups is 1. The second kappa shape index (κ2) is 10.5. The minimum Gasteiger partial charge on any atom is -0.352 e. The van der Waals surface area contributed by atoms with Gasteiger partial charge in [-0.1, -0.05) is 32.8 Å². The average Bonchev–Trinajstić information content (AvgIpc) is 2.52. The van der Waals surface area contributed by atoms with Gasteiger partial charge in [0.2, 0.25) is 11.8 Å². The van der Waals surface area contributed by atoms with Gasteiger partial charge in [0.25, 0.3) is 0 Å². The second-order valence-corrected chi connectivity index (χ2v) is 5.03. The normalized spacial score (nSPS) is 9.91. The number of carbonyl (C=O) groups excluding carboxylic acids is 2. The zero-order chi connectivity index (χ0) is 16.2. The van der Waals surface area contributed by atoms with Crippen molar-refractivity contribution in [2.45, 2.75) is 52.5 Å². The van der Waals surface area contributed by atoms with Gasteiger partial charge in [-0.25, -0.2) is 5.43 Å². The molecule has 1 aromatic heterocycles. The van der Waals surface area contributed by atoms with E-state index >= 15 is 0 Å². The lowest BCUT2D eigenvalue weighted by Gasteiger charge is -2.06. The molecular weight excluding hydrogens is 280 g/mol. The Morgan fingerprint density at radius 1 is 1.18 bits per heavy atom. The van der Waals surface area contributed by atoms with E-state index in [9.17, 15) is 9.59 Å². The zero-order valence-electron chi connectivity index (χ0n) is 13.3. The molecule has 6 heteroatoms. The largest absolute Gasteiger partial charge is 0.352 e. The molecule has 0 aliphatic carbocycles. The second-order valence-electron chi connectivity index (χ2n) is 5.03. The van der Waals surface area contributed by atoms with Crippen LogP contribution >= 0.6 is 0 Å². The van der Waals surface area contributed by atoms with Crippen molar-refractivity contribution in [2.24, 2.45) is 5.10 Å². The summed E-state index contributed by atoms with van der Waals surface area (Å²) in [5, 5.41) is 6.78. The Morgan fingerprint density at radius 2 is 1.91 bits per heavy atom. The van der Waals surface area contributed by atoms with Crippen LogP contribution in [0, 0.1) is 0 Å². The number of hydrogen-bond donors (Lipinski definition) is 2. The molecule has 22 heavy (non-hydrogen) atoms. The molecule has 2 N–H and O–H groups in total. The van der Waals surface area contributed by atoms with E-state index in [1.807, 2.05) is 6.07 Å². The lowest BCUT2D eigenvalue weighted by Crippen LogP contribution is -2.30. The van der Waals surface area contributed by atoms with Crippen LogP contribution in [0.25, 0.3) is 0 Å². The van der Waals surface area contributed by atoms with Crippen LogP contribution < -0.4 is 10.7 Å². The summed E-state index contributed by atoms with van der Waals surface area (Å²) < 4.78 is 0. The van der Waals surface area contributed by atoms with Gasteiger partial charge < -0.3 is 5.32 Å². The van der Waals surface area contributed by atoms with Gasteiger partial charge in [-0.05, 0) is 24.5 Å². The third-order valence-corrected chi connectivity index (χ3v) is 2.95. The molecule has 1 heterocycles. The molecule has 1 rings (SSSR count). The number of hydrogen-bond acceptors (Lipinski definition) is 4. The molecule has 0 aromatic carbocycles. The van der Waals surface area contributed by atoms with Crippen LogP contribution in [0.2, 0.25) is 0 Å². The summed E-state index contributed by atoms with van der Waals surface area (Å²) in [4.78, 5) is 27.3. The first kappa shape index (κ1) is 17.8. The lowest BCUT2D eigenvalue weighted by molar-refractivity contribution is -0.129. The quantitative estimate of drug-likeness (QED) is 0.416. The summed E-state index contributed by atoms with van der Waals surface area (Å²) in [5.74, 6) is -0.725. The minimum absolute atomic E-state index is 0.227. The van der Waals surface area contributed by atoms with Gasteiger partial charge >= 0.3 is 0 Å². The molecule has 0 unspecified atom stereocenters. The van der Waals surface area contributed by atoms with Gasteiger partial charge in [-0.3, -0.25) is 14.6 Å². The van der Waals surface area contributed by atoms with Crippen molar-refractivity contribution in [3.8, 4) is 0 Å². The molecule has 120 valence electrons. The fraction of sp³-hybridized carbons (Fsp3) is 0.500. The first-order chi connectivity index (χ1) is 10.7. The predicted molar refractivity (Wildman–Crippen MR) is 86.1 cm³/mol. The summed E-state index contributed by atoms with van der Waals surface area (Å²) in [6, 6.07) is 3.66. The fourth-order valence-electron chi connectivity index (χ4n) is 1.91. The highest BCUT2D eigenvalue weighted by Crippen LogP contribution is 2.00. The standard InChI is InChI=1S/C16H24N4O2/c1-3-6-14(7-4-2)19-20-16(22)10-15(21)18-12-13-8-5-9-17-11-13/h5,8-9,11H,3-4,6-7,10,12H2,1-2H3,(H,18,21)(H,20,22). The number of nitrogens with one attached hydrogen (secondary N) is 2. The van der Waals surface area contributed by atoms with Gasteiger partial charge in [0.15, 0.2) is 0 Å². The van der Waals surface area contributed by atoms with Crippen LogP contribution in [0.1, 0.15) is 51.5 Å². The van der Waals surface area contributed by atoms with Crippen molar-refractivity contribution in [1.29, 1.82) is 0 Å². The maximum atomic E-state index is 11.7. The highest BCUT2D eigenvalue weighted by Gasteiger charge is 2.09. The van der Waals surface area contributed by atoms with Gasteiger partial charge in [0.05, 0.1) is 0 Å². The molecule has 0 aliphatic heterocycles. The molecule has 0 aliphatic rings. The van der Waals surface area contributed by atoms with Crippen molar-refractivity contribution < 1.29 is 9.59 Å². The molecule has 0 atom stereocenters. The van der Waals surface area contributed by atoms with Crippen LogP contribution in [0.15, 0.2) is 29.6 Å². The lowest BCUT2D eigenvalue weighted by atomic mass is 10.1. The predicted octanol–water partition coefficient (Wildman–Crippen LogP) is 2.16. The zero-order valence-corrected chi connectivity index (χ0v) is 13.3. The highest BCUT2D eigenvalue weighted by atomic mass is 16.2. The summed E-state index contributed by atoms with van der Waals surface area (Å²) in [6.45, 7) is 4.50. The maximum Gasteiger partial charge on any atom is 0.249 e. The van der Waals surface area contributed by atoms with Gasteiger partial charge in [-0.15, -0.1) is 0 Å². The van der Waals surface area contributed by atoms with Crippen LogP contribution in [0.4, 0.5) is 0 Å². The molecule has 6 nitrogen and oxygen atoms in total. The number of pyridine rings is 1. The molecule has 0 radical (unpaired) electrons. The Hall–Kier alpha value is -2.24. The summed E-state index contributed by atoms with van der Waals surface area (Å²) in [5.41, 5.74) is 4.32. The maximum absolute atomic E-state index is 11.7. The van der Waals surface area contributed by atoms with Crippen LogP contribution in [0.3, 0.4) is 0 Å². The number of rotatable bonds is 9. The van der Waals surface area contributed by atoms with E-state index in [1.165, 1.54) is 0 Å². The van der Waals surface area contributed by atoms with Crippen molar-refractivity contribution >= 4 is 17.5 Å². The first-order valence-corrected chi connectivity index (χ1v) is 7.65. The smallest absolute Gasteiger partial charge is 0.249 e. The van der Waals surface area contributed by atoms with E-state index in [2.05, 4.69) is 34.7 Å². The van der Waals surface area contributed by atoms with E-state index in [1.54, 1.807) is 18.5 Å². The Balaban J connectivity index is 2.34. The van der Waals surface area contributed by atoms with Crippen LogP contribution in [-0.2, 0) is 16.1 Å². The summed E-state index contributed by atoms with van der Waals surface area (Å²) in [6.07, 6.45) is 6.81. The van der Waals surface area contributed by atoms with E-state index < -0.39 is 5.91 Å². The van der Waals surface area contributed by atoms with Crippen molar-refractivity contribution in [2.75, 3.05) is 0 Å². The monoisotopic (exact) mass is 304 g/mol. The molecule has 1 aromatic rings. The summed E-state index contributed by atoms with van der Waals surface area (Å²) in [7, 11) is 0. The first-order valence-electron chi connectivity index (χ1n) is 7.65. The van der Waals surface area contributed by atoms with Crippen LogP contribution in [0.5, 0.6) is 0 Å². The number of aromatic nitrogens is 1. The van der Waals surface area contributed by atoms with E-state index in [-0.39, 0.29) is 12.3 Å². The van der Waals surface area contributed by atoms with Gasteiger partial charge in [0, 0.05) is 24.7 Å². The van der Waals surface area contributed by atoms with Crippen molar-refractivity contribution in [3.05, 3.63) is 30.1 Å². The highest BCUT2D eigenvalue weighted by molar-refractivity contribution is 5.97. The third kappa shape index (κ3) is 7.52. The Kier molecular flexibility index (Phi) is 8.49. The van der Waals surface area contributed by atoms with E-state index in [0.717, 1.165) is 37.0 Å². The number of nitrogens with zero attached hydrogens (tertiary/aromatic N) is 2. The minimum atomic E-state index is -0.395. The molecule has 2 amide bonds. The molecule has 0 saturated carbocycles. The molecular formula is C16H24N4O2. The van der Waals surface area contributed by atoms with Crippen LogP contribution in [-0.4, -0.2) is 22.5 Å². The van der Waals surface area contributed by atoms with E-state index in [4.69, 9.17) is 0 Å². The van der Waals surface area contributed by atoms with E-state index in [0.29, 0.717) is 6.54 Å². The van der Waals surface area contributed by atoms with Crippen molar-refractivity contribution in [3.63, 3.8) is 0 Å². The number of carbonyl (C=O) groups is 2. The van der Waals surface area contributed by atoms with Crippen molar-refractivity contribution in [1.82, 2.24) is 15.7 Å². The molecule has 0 fully saturated rings. The molecule has 0 spiro atoms. The Morgan fingerprint density at radius 3 is 2.50 bits per heavy atom. The fourth-order valence-corrected chi connectivity index (χ4v) is 1.91. The Labute approximate surface area is 131 Å². The number of amides is 2. The summed E-state index contributed by atoms with van der Waals surface area (Å²) >= 11 is 0. The molecule has 0 bridgehead atoms. The topological polar surface area (TPSA) is 83.5 Å². The molecule has 0 saturated heterocycles. The third-order valence-electron chi connectivity index (χ3n) is 2.95. The van der Waals surface area contributed by atoms with Gasteiger partial charge in [0.1, 0.15) is 6.42 Å². The Bertz CT molecular complexity index is 492. The van der Waals surface area contributed by atoms with Gasteiger partial charge in [-0.2, -0.15) is 5.10 Å². The SMILES string of the molecule is CCCC(CCC)=NNC(=O)CC(=O)NCc1cccnc1.